The third-order valence-electron chi connectivity index (χ3n) is 1.69. The second-order valence-corrected chi connectivity index (χ2v) is 2.99. The van der Waals surface area contributed by atoms with Gasteiger partial charge in [0.15, 0.2) is 0 Å². The smallest absolute Gasteiger partial charge is 0.406 e. The molecule has 2 N–H and O–H groups in total. The van der Waals surface area contributed by atoms with Gasteiger partial charge in [-0.3, -0.25) is 0 Å². The molecule has 0 aromatic heterocycles. The van der Waals surface area contributed by atoms with Crippen LogP contribution < -0.4 is 10.5 Å². The van der Waals surface area contributed by atoms with Crippen molar-refractivity contribution in [1.29, 1.82) is 0 Å². The summed E-state index contributed by atoms with van der Waals surface area (Å²) >= 11 is 0. The Morgan fingerprint density at radius 1 is 1.44 bits per heavy atom. The molecule has 0 radical (unpaired) electrons. The molecule has 0 aliphatic heterocycles. The quantitative estimate of drug-likeness (QED) is 0.290. The van der Waals surface area contributed by atoms with Gasteiger partial charge in [-0.1, -0.05) is 17.0 Å². The highest BCUT2D eigenvalue weighted by atomic mass is 19.4. The fourth-order valence-corrected chi connectivity index (χ4v) is 1.05. The lowest BCUT2D eigenvalue weighted by Crippen LogP contribution is -2.17. The van der Waals surface area contributed by atoms with Gasteiger partial charge in [-0.25, -0.2) is 0 Å². The Bertz CT molecular complexity index is 538. The highest BCUT2D eigenvalue weighted by Gasteiger charge is 2.31. The average molecular weight is 256 g/mol. The second kappa shape index (κ2) is 5.70. The molecule has 0 heterocycles. The number of hydrogen-bond acceptors (Lipinski definition) is 3. The second-order valence-electron chi connectivity index (χ2n) is 2.99. The normalized spacial score (nSPS) is 9.94. The number of alkyl halides is 3. The zero-order chi connectivity index (χ0) is 13.6. The predicted octanol–water partition coefficient (Wildman–Crippen LogP) is 2.83. The maximum Gasteiger partial charge on any atom is 0.573 e. The van der Waals surface area contributed by atoms with Crippen molar-refractivity contribution in [2.45, 2.75) is 6.36 Å². The number of nitrogens with zero attached hydrogens (tertiary/aromatic N) is 3. The summed E-state index contributed by atoms with van der Waals surface area (Å²) in [5, 5.41) is 3.18. The molecule has 0 aliphatic rings. The number of benzene rings is 1. The van der Waals surface area contributed by atoms with Gasteiger partial charge in [0, 0.05) is 16.5 Å². The zero-order valence-electron chi connectivity index (χ0n) is 8.90. The molecule has 0 amide bonds. The molecule has 94 valence electrons. The van der Waals surface area contributed by atoms with E-state index in [9.17, 15) is 13.2 Å². The monoisotopic (exact) mass is 256 g/mol. The topological polar surface area (TPSA) is 84.0 Å². The van der Waals surface area contributed by atoms with Gasteiger partial charge in [0.05, 0.1) is 12.2 Å². The van der Waals surface area contributed by atoms with Crippen LogP contribution in [-0.4, -0.2) is 12.9 Å². The lowest BCUT2D eigenvalue weighted by Gasteiger charge is -2.09. The molecule has 0 unspecified atom stereocenters. The van der Waals surface area contributed by atoms with Crippen LogP contribution in [0.2, 0.25) is 0 Å². The Balaban J connectivity index is 2.85. The van der Waals surface area contributed by atoms with Gasteiger partial charge < -0.3 is 10.5 Å². The fourth-order valence-electron chi connectivity index (χ4n) is 1.05. The number of rotatable bonds is 2. The van der Waals surface area contributed by atoms with Crippen molar-refractivity contribution in [3.05, 3.63) is 34.2 Å². The molecule has 8 heteroatoms. The van der Waals surface area contributed by atoms with Crippen molar-refractivity contribution in [3.63, 3.8) is 0 Å². The first-order valence-electron chi connectivity index (χ1n) is 4.57. The molecule has 0 saturated heterocycles. The van der Waals surface area contributed by atoms with E-state index in [0.29, 0.717) is 5.56 Å². The first-order chi connectivity index (χ1) is 8.42. The van der Waals surface area contributed by atoms with Crippen molar-refractivity contribution in [3.8, 4) is 17.6 Å². The third kappa shape index (κ3) is 4.55. The number of anilines is 1. The van der Waals surface area contributed by atoms with E-state index in [4.69, 9.17) is 11.3 Å². The van der Waals surface area contributed by atoms with E-state index in [1.54, 1.807) is 0 Å². The van der Waals surface area contributed by atoms with E-state index in [1.165, 1.54) is 6.07 Å². The van der Waals surface area contributed by atoms with E-state index in [1.807, 2.05) is 0 Å². The number of azide groups is 1. The van der Waals surface area contributed by atoms with E-state index < -0.39 is 12.1 Å². The summed E-state index contributed by atoms with van der Waals surface area (Å²) < 4.78 is 39.5. The van der Waals surface area contributed by atoms with Crippen LogP contribution in [-0.2, 0) is 0 Å². The van der Waals surface area contributed by atoms with Crippen LogP contribution in [0.3, 0.4) is 0 Å². The summed E-state index contributed by atoms with van der Waals surface area (Å²) in [5.41, 5.74) is 13.9. The zero-order valence-corrected chi connectivity index (χ0v) is 8.90. The fraction of sp³-hybridized carbons (Fsp3) is 0.200. The molecular formula is C10H7F3N4O. The first kappa shape index (κ1) is 13.5. The van der Waals surface area contributed by atoms with E-state index in [-0.39, 0.29) is 12.2 Å². The Morgan fingerprint density at radius 3 is 2.72 bits per heavy atom. The van der Waals surface area contributed by atoms with Crippen molar-refractivity contribution in [2.24, 2.45) is 5.11 Å². The number of nitrogen functional groups attached to an aromatic ring is 1. The highest BCUT2D eigenvalue weighted by molar-refractivity contribution is 5.58. The molecule has 1 rings (SSSR count). The summed E-state index contributed by atoms with van der Waals surface area (Å²) in [5.74, 6) is 4.64. The van der Waals surface area contributed by atoms with Gasteiger partial charge in [-0.2, -0.15) is 0 Å². The summed E-state index contributed by atoms with van der Waals surface area (Å²) in [7, 11) is 0. The third-order valence-corrected chi connectivity index (χ3v) is 1.69. The van der Waals surface area contributed by atoms with Crippen LogP contribution in [0.25, 0.3) is 10.4 Å². The van der Waals surface area contributed by atoms with E-state index in [2.05, 4.69) is 26.6 Å². The Morgan fingerprint density at radius 2 is 2.17 bits per heavy atom. The summed E-state index contributed by atoms with van der Waals surface area (Å²) in [4.78, 5) is 2.49. The van der Waals surface area contributed by atoms with Crippen LogP contribution in [0.5, 0.6) is 5.75 Å². The van der Waals surface area contributed by atoms with Gasteiger partial charge in [-0.05, 0) is 17.7 Å². The molecular weight excluding hydrogens is 249 g/mol. The molecule has 0 fully saturated rings. The van der Waals surface area contributed by atoms with Crippen LogP contribution >= 0.6 is 0 Å². The molecule has 0 saturated carbocycles. The largest absolute Gasteiger partial charge is 0.573 e. The van der Waals surface area contributed by atoms with Crippen LogP contribution in [0.1, 0.15) is 5.56 Å². The number of halogens is 3. The minimum absolute atomic E-state index is 0.0449. The standard InChI is InChI=1S/C10H7F3N4O/c11-10(12,13)18-8-4-3-7(9(14)6-8)2-1-5-16-17-15/h3-4,6H,5,14H2. The molecule has 1 aromatic rings. The van der Waals surface area contributed by atoms with Gasteiger partial charge in [-0.15, -0.1) is 13.2 Å². The predicted molar refractivity (Wildman–Crippen MR) is 58.4 cm³/mol. The van der Waals surface area contributed by atoms with Crippen molar-refractivity contribution in [2.75, 3.05) is 12.3 Å². The first-order valence-corrected chi connectivity index (χ1v) is 4.57. The lowest BCUT2D eigenvalue weighted by atomic mass is 10.2. The maximum atomic E-state index is 11.9. The van der Waals surface area contributed by atoms with Crippen LogP contribution in [0.15, 0.2) is 23.3 Å². The molecule has 1 aromatic carbocycles. The Labute approximate surface area is 100.0 Å². The maximum absolute atomic E-state index is 11.9. The highest BCUT2D eigenvalue weighted by Crippen LogP contribution is 2.25. The molecule has 0 atom stereocenters. The van der Waals surface area contributed by atoms with Crippen LogP contribution in [0.4, 0.5) is 18.9 Å². The molecule has 0 bridgehead atoms. The lowest BCUT2D eigenvalue weighted by molar-refractivity contribution is -0.274. The van der Waals surface area contributed by atoms with Crippen LogP contribution in [0, 0.1) is 11.8 Å². The minimum atomic E-state index is -4.76. The average Bonchev–Trinajstić information content (AvgIpc) is 2.24. The Kier molecular flexibility index (Phi) is 4.29. The summed E-state index contributed by atoms with van der Waals surface area (Å²) in [6, 6.07) is 3.41. The van der Waals surface area contributed by atoms with Crippen molar-refractivity contribution >= 4 is 5.69 Å². The molecule has 5 nitrogen and oxygen atoms in total. The minimum Gasteiger partial charge on any atom is -0.406 e. The molecule has 18 heavy (non-hydrogen) atoms. The molecule has 0 aliphatic carbocycles. The number of hydrogen-bond donors (Lipinski definition) is 1. The summed E-state index contributed by atoms with van der Waals surface area (Å²) in [6.07, 6.45) is -4.76. The van der Waals surface area contributed by atoms with Crippen molar-refractivity contribution < 1.29 is 17.9 Å². The van der Waals surface area contributed by atoms with Gasteiger partial charge in [0.1, 0.15) is 5.75 Å². The summed E-state index contributed by atoms with van der Waals surface area (Å²) in [6.45, 7) is -0.0449. The van der Waals surface area contributed by atoms with E-state index >= 15 is 0 Å². The SMILES string of the molecule is [N-]=[N+]=NCC#Cc1ccc(OC(F)(F)F)cc1N. The van der Waals surface area contributed by atoms with E-state index in [0.717, 1.165) is 12.1 Å². The number of nitrogens with two attached hydrogens (primary N) is 1. The van der Waals surface area contributed by atoms with Gasteiger partial charge in [0.2, 0.25) is 0 Å². The number of ether oxygens (including phenoxy) is 1. The van der Waals surface area contributed by atoms with Gasteiger partial charge in [0.25, 0.3) is 0 Å². The van der Waals surface area contributed by atoms with Crippen molar-refractivity contribution in [1.82, 2.24) is 0 Å². The van der Waals surface area contributed by atoms with Gasteiger partial charge >= 0.3 is 6.36 Å². The Hall–Kier alpha value is -2.52. The molecule has 0 spiro atoms.